The van der Waals surface area contributed by atoms with Crippen molar-refractivity contribution in [2.75, 3.05) is 11.1 Å². The molecule has 2 heteroatoms. The fourth-order valence-electron chi connectivity index (χ4n) is 5.71. The Balaban J connectivity index is 1.83. The summed E-state index contributed by atoms with van der Waals surface area (Å²) in [5.41, 5.74) is 15.3. The first kappa shape index (κ1) is 24.4. The molecule has 0 heterocycles. The minimum absolute atomic E-state index is 0.408. The first-order chi connectivity index (χ1) is 17.1. The van der Waals surface area contributed by atoms with Crippen LogP contribution in [0.2, 0.25) is 0 Å². The Labute approximate surface area is 216 Å². The molecule has 0 radical (unpaired) electrons. The minimum atomic E-state index is 0.408. The highest BCUT2D eigenvalue weighted by atomic mass is 14.9. The van der Waals surface area contributed by atoms with Crippen LogP contribution >= 0.6 is 0 Å². The molecule has 186 valence electrons. The lowest BCUT2D eigenvalue weighted by molar-refractivity contribution is 0.834. The summed E-state index contributed by atoms with van der Waals surface area (Å²) in [5, 5.41) is 11.6. The van der Waals surface area contributed by atoms with Gasteiger partial charge in [0.15, 0.2) is 0 Å². The first-order valence-electron chi connectivity index (χ1n) is 13.5. The number of hydrogen-bond donors (Lipinski definition) is 2. The zero-order valence-corrected chi connectivity index (χ0v) is 23.1. The van der Waals surface area contributed by atoms with E-state index in [2.05, 4.69) is 115 Å². The molecule has 0 unspecified atom stereocenters. The number of nitrogens with one attached hydrogen (secondary N) is 1. The maximum Gasteiger partial charge on any atom is 0.0467 e. The normalized spacial score (nSPS) is 12.4. The van der Waals surface area contributed by atoms with Crippen LogP contribution in [0.25, 0.3) is 32.3 Å². The van der Waals surface area contributed by atoms with Gasteiger partial charge in [-0.1, -0.05) is 85.7 Å². The largest absolute Gasteiger partial charge is 0.398 e. The van der Waals surface area contributed by atoms with Crippen LogP contribution in [-0.4, -0.2) is 0 Å². The van der Waals surface area contributed by atoms with Crippen LogP contribution in [-0.2, 0) is 0 Å². The first-order valence-corrected chi connectivity index (χ1v) is 13.5. The van der Waals surface area contributed by atoms with Gasteiger partial charge in [0, 0.05) is 27.8 Å². The predicted octanol–water partition coefficient (Wildman–Crippen LogP) is 10.4. The summed E-state index contributed by atoms with van der Waals surface area (Å²) in [4.78, 5) is 0. The Morgan fingerprint density at radius 3 is 1.53 bits per heavy atom. The Bertz CT molecular complexity index is 1540. The Morgan fingerprint density at radius 1 is 0.528 bits per heavy atom. The standard InChI is InChI=1S/C34H40N2/c1-18(2)22-13-23(19(3)4)15-24(14-22)36-32-17-30(21(7)8)26-9-11-27-31(35)16-29(20(5)6)25-10-12-28(32)34(26)33(25)27/h9-21,36H,35H2,1-8H3. The van der Waals surface area contributed by atoms with Gasteiger partial charge in [-0.3, -0.25) is 0 Å². The van der Waals surface area contributed by atoms with E-state index in [0.717, 1.165) is 16.8 Å². The van der Waals surface area contributed by atoms with E-state index in [9.17, 15) is 0 Å². The van der Waals surface area contributed by atoms with E-state index >= 15 is 0 Å². The molecule has 2 nitrogen and oxygen atoms in total. The van der Waals surface area contributed by atoms with Gasteiger partial charge in [0.1, 0.15) is 0 Å². The summed E-state index contributed by atoms with van der Waals surface area (Å²) in [6.45, 7) is 18.2. The van der Waals surface area contributed by atoms with Gasteiger partial charge in [-0.2, -0.15) is 0 Å². The van der Waals surface area contributed by atoms with Crippen LogP contribution < -0.4 is 11.1 Å². The van der Waals surface area contributed by atoms with Crippen molar-refractivity contribution < 1.29 is 0 Å². The molecule has 0 spiro atoms. The lowest BCUT2D eigenvalue weighted by Crippen LogP contribution is -2.02. The minimum Gasteiger partial charge on any atom is -0.398 e. The molecular weight excluding hydrogens is 436 g/mol. The maximum atomic E-state index is 6.64. The Morgan fingerprint density at radius 2 is 1.00 bits per heavy atom. The molecule has 0 aliphatic rings. The third-order valence-corrected chi connectivity index (χ3v) is 7.83. The van der Waals surface area contributed by atoms with Crippen LogP contribution in [0.5, 0.6) is 0 Å². The van der Waals surface area contributed by atoms with Crippen molar-refractivity contribution in [2.45, 2.75) is 79.1 Å². The number of rotatable bonds is 6. The summed E-state index contributed by atoms with van der Waals surface area (Å²) in [6, 6.07) is 20.7. The van der Waals surface area contributed by atoms with Gasteiger partial charge in [-0.15, -0.1) is 0 Å². The zero-order valence-electron chi connectivity index (χ0n) is 23.1. The Hall–Kier alpha value is -3.26. The second kappa shape index (κ2) is 9.00. The molecule has 5 aromatic rings. The summed E-state index contributed by atoms with van der Waals surface area (Å²) < 4.78 is 0. The molecule has 5 rings (SSSR count). The van der Waals surface area contributed by atoms with Crippen molar-refractivity contribution in [3.8, 4) is 0 Å². The lowest BCUT2D eigenvalue weighted by atomic mass is 9.84. The van der Waals surface area contributed by atoms with Crippen molar-refractivity contribution in [3.63, 3.8) is 0 Å². The van der Waals surface area contributed by atoms with E-state index in [1.807, 2.05) is 0 Å². The molecule has 36 heavy (non-hydrogen) atoms. The van der Waals surface area contributed by atoms with Crippen molar-refractivity contribution in [2.24, 2.45) is 0 Å². The summed E-state index contributed by atoms with van der Waals surface area (Å²) in [5.74, 6) is 1.78. The van der Waals surface area contributed by atoms with Gasteiger partial charge in [0.2, 0.25) is 0 Å². The number of hydrogen-bond acceptors (Lipinski definition) is 2. The van der Waals surface area contributed by atoms with Crippen molar-refractivity contribution in [1.82, 2.24) is 0 Å². The van der Waals surface area contributed by atoms with Gasteiger partial charge in [-0.25, -0.2) is 0 Å². The van der Waals surface area contributed by atoms with Crippen LogP contribution in [0.15, 0.2) is 54.6 Å². The molecule has 5 aromatic carbocycles. The van der Waals surface area contributed by atoms with Crippen LogP contribution in [0.3, 0.4) is 0 Å². The van der Waals surface area contributed by atoms with Crippen LogP contribution in [0.1, 0.15) is 101 Å². The van der Waals surface area contributed by atoms with E-state index in [1.54, 1.807) is 0 Å². The smallest absolute Gasteiger partial charge is 0.0467 e. The third-order valence-electron chi connectivity index (χ3n) is 7.83. The quantitative estimate of drug-likeness (QED) is 0.189. The number of nitrogens with two attached hydrogens (primary N) is 1. The average molecular weight is 477 g/mol. The van der Waals surface area contributed by atoms with E-state index in [4.69, 9.17) is 5.73 Å². The van der Waals surface area contributed by atoms with Gasteiger partial charge < -0.3 is 11.1 Å². The molecular formula is C34H40N2. The molecule has 0 amide bonds. The zero-order chi connectivity index (χ0) is 25.9. The number of anilines is 3. The third kappa shape index (κ3) is 3.97. The van der Waals surface area contributed by atoms with E-state index in [1.165, 1.54) is 54.9 Å². The fourth-order valence-corrected chi connectivity index (χ4v) is 5.71. The molecule has 3 N–H and O–H groups in total. The van der Waals surface area contributed by atoms with Crippen molar-refractivity contribution in [3.05, 3.63) is 76.9 Å². The molecule has 0 fully saturated rings. The maximum absolute atomic E-state index is 6.64. The number of nitrogen functional groups attached to an aromatic ring is 1. The van der Waals surface area contributed by atoms with Crippen molar-refractivity contribution >= 4 is 49.4 Å². The van der Waals surface area contributed by atoms with Gasteiger partial charge in [-0.05, 0) is 91.7 Å². The second-order valence-corrected chi connectivity index (χ2v) is 11.8. The predicted molar refractivity (Wildman–Crippen MR) is 161 cm³/mol. The highest BCUT2D eigenvalue weighted by molar-refractivity contribution is 6.28. The molecule has 0 aliphatic heterocycles. The monoisotopic (exact) mass is 476 g/mol. The number of benzene rings is 5. The molecule has 0 atom stereocenters. The molecule has 0 saturated heterocycles. The SMILES string of the molecule is CC(C)c1cc(Nc2cc(C(C)C)c3ccc4c(N)cc(C(C)C)c5ccc2c3c45)cc(C(C)C)c1. The van der Waals surface area contributed by atoms with E-state index in [0.29, 0.717) is 23.7 Å². The Kier molecular flexibility index (Phi) is 6.11. The van der Waals surface area contributed by atoms with E-state index < -0.39 is 0 Å². The average Bonchev–Trinajstić information content (AvgIpc) is 2.83. The van der Waals surface area contributed by atoms with Gasteiger partial charge >= 0.3 is 0 Å². The van der Waals surface area contributed by atoms with Crippen LogP contribution in [0, 0.1) is 0 Å². The highest BCUT2D eigenvalue weighted by Gasteiger charge is 2.20. The summed E-state index contributed by atoms with van der Waals surface area (Å²) in [6.07, 6.45) is 0. The molecule has 0 saturated carbocycles. The van der Waals surface area contributed by atoms with Gasteiger partial charge in [0.25, 0.3) is 0 Å². The fraction of sp³-hybridized carbons (Fsp3) is 0.353. The summed E-state index contributed by atoms with van der Waals surface area (Å²) >= 11 is 0. The lowest BCUT2D eigenvalue weighted by Gasteiger charge is -2.23. The van der Waals surface area contributed by atoms with E-state index in [-0.39, 0.29) is 0 Å². The summed E-state index contributed by atoms with van der Waals surface area (Å²) in [7, 11) is 0. The topological polar surface area (TPSA) is 38.0 Å². The molecule has 0 bridgehead atoms. The molecule has 0 aromatic heterocycles. The van der Waals surface area contributed by atoms with Crippen molar-refractivity contribution in [1.29, 1.82) is 0 Å². The van der Waals surface area contributed by atoms with Gasteiger partial charge in [0.05, 0.1) is 0 Å². The highest BCUT2D eigenvalue weighted by Crippen LogP contribution is 2.45. The second-order valence-electron chi connectivity index (χ2n) is 11.8. The van der Waals surface area contributed by atoms with Crippen LogP contribution in [0.4, 0.5) is 17.1 Å². The molecule has 0 aliphatic carbocycles.